The molecule has 0 aliphatic rings. The highest BCUT2D eigenvalue weighted by Crippen LogP contribution is 2.35. The van der Waals surface area contributed by atoms with Gasteiger partial charge in [0.05, 0.1) is 13.7 Å². The van der Waals surface area contributed by atoms with Gasteiger partial charge in [-0.2, -0.15) is 0 Å². The predicted octanol–water partition coefficient (Wildman–Crippen LogP) is 2.11. The summed E-state index contributed by atoms with van der Waals surface area (Å²) in [6, 6.07) is 3.39. The van der Waals surface area contributed by atoms with E-state index in [0.717, 1.165) is 15.6 Å². The van der Waals surface area contributed by atoms with Crippen LogP contribution in [0.3, 0.4) is 0 Å². The standard InChI is InChI=1S/C10H10O3S/c1-13-9-2-7-6(4-11)5-14-10(7)3-8(9)12/h2-3,5,11-12H,4H2,1H3. The van der Waals surface area contributed by atoms with Gasteiger partial charge in [-0.3, -0.25) is 0 Å². The Bertz CT molecular complexity index is 462. The number of phenolic OH excluding ortho intramolecular Hbond substituents is 1. The van der Waals surface area contributed by atoms with Crippen molar-refractivity contribution in [1.82, 2.24) is 0 Å². The molecule has 2 rings (SSSR count). The summed E-state index contributed by atoms with van der Waals surface area (Å²) < 4.78 is 5.95. The van der Waals surface area contributed by atoms with Crippen LogP contribution >= 0.6 is 11.3 Å². The van der Waals surface area contributed by atoms with E-state index in [1.165, 1.54) is 18.4 Å². The van der Waals surface area contributed by atoms with E-state index in [1.54, 1.807) is 12.1 Å². The van der Waals surface area contributed by atoms with Crippen LogP contribution < -0.4 is 4.74 Å². The number of hydrogen-bond acceptors (Lipinski definition) is 4. The second kappa shape index (κ2) is 3.48. The molecule has 4 heteroatoms. The Labute approximate surface area is 85.2 Å². The topological polar surface area (TPSA) is 49.7 Å². The molecule has 1 aromatic heterocycles. The maximum atomic E-state index is 9.51. The van der Waals surface area contributed by atoms with E-state index < -0.39 is 0 Å². The van der Waals surface area contributed by atoms with Crippen LogP contribution in [-0.2, 0) is 6.61 Å². The zero-order valence-electron chi connectivity index (χ0n) is 7.65. The van der Waals surface area contributed by atoms with Crippen LogP contribution in [0.2, 0.25) is 0 Å². The van der Waals surface area contributed by atoms with E-state index >= 15 is 0 Å². The van der Waals surface area contributed by atoms with E-state index in [0.29, 0.717) is 5.75 Å². The summed E-state index contributed by atoms with van der Waals surface area (Å²) in [5, 5.41) is 21.4. The van der Waals surface area contributed by atoms with Gasteiger partial charge in [0.25, 0.3) is 0 Å². The average molecular weight is 210 g/mol. The molecule has 0 amide bonds. The third-order valence-electron chi connectivity index (χ3n) is 2.13. The zero-order valence-corrected chi connectivity index (χ0v) is 8.47. The minimum absolute atomic E-state index is 0.00787. The molecular formula is C10H10O3S. The lowest BCUT2D eigenvalue weighted by Gasteiger charge is -2.03. The molecule has 1 heterocycles. The fraction of sp³-hybridized carbons (Fsp3) is 0.200. The molecule has 0 fully saturated rings. The second-order valence-corrected chi connectivity index (χ2v) is 3.85. The molecule has 74 valence electrons. The molecule has 2 aromatic rings. The normalized spacial score (nSPS) is 10.7. The Morgan fingerprint density at radius 2 is 2.21 bits per heavy atom. The number of aliphatic hydroxyl groups is 1. The Hall–Kier alpha value is -1.26. The van der Waals surface area contributed by atoms with Crippen molar-refractivity contribution in [2.75, 3.05) is 7.11 Å². The van der Waals surface area contributed by atoms with Crippen LogP contribution in [0.4, 0.5) is 0 Å². The molecule has 14 heavy (non-hydrogen) atoms. The fourth-order valence-corrected chi connectivity index (χ4v) is 2.35. The minimum atomic E-state index is 0.00787. The first kappa shape index (κ1) is 9.30. The van der Waals surface area contributed by atoms with E-state index in [9.17, 15) is 5.11 Å². The number of methoxy groups -OCH3 is 1. The van der Waals surface area contributed by atoms with E-state index in [2.05, 4.69) is 0 Å². The summed E-state index contributed by atoms with van der Waals surface area (Å²) in [4.78, 5) is 0. The van der Waals surface area contributed by atoms with E-state index in [1.807, 2.05) is 5.38 Å². The number of aromatic hydroxyl groups is 1. The molecule has 2 N–H and O–H groups in total. The fourth-order valence-electron chi connectivity index (χ4n) is 1.38. The van der Waals surface area contributed by atoms with Crippen molar-refractivity contribution in [1.29, 1.82) is 0 Å². The van der Waals surface area contributed by atoms with Crippen molar-refractivity contribution in [3.63, 3.8) is 0 Å². The lowest BCUT2D eigenvalue weighted by atomic mass is 10.1. The van der Waals surface area contributed by atoms with Gasteiger partial charge in [0.2, 0.25) is 0 Å². The Balaban J connectivity index is 2.70. The monoisotopic (exact) mass is 210 g/mol. The average Bonchev–Trinajstić information content (AvgIpc) is 2.58. The van der Waals surface area contributed by atoms with Gasteiger partial charge in [0, 0.05) is 16.2 Å². The summed E-state index contributed by atoms with van der Waals surface area (Å²) in [7, 11) is 1.51. The highest BCUT2D eigenvalue weighted by atomic mass is 32.1. The van der Waals surface area contributed by atoms with Gasteiger partial charge in [-0.05, 0) is 17.0 Å². The smallest absolute Gasteiger partial charge is 0.161 e. The van der Waals surface area contributed by atoms with Gasteiger partial charge >= 0.3 is 0 Å². The quantitative estimate of drug-likeness (QED) is 0.798. The summed E-state index contributed by atoms with van der Waals surface area (Å²) in [6.45, 7) is 0.00787. The Morgan fingerprint density at radius 3 is 2.86 bits per heavy atom. The third kappa shape index (κ3) is 1.32. The Morgan fingerprint density at radius 1 is 1.43 bits per heavy atom. The van der Waals surface area contributed by atoms with Crippen molar-refractivity contribution in [2.45, 2.75) is 6.61 Å². The van der Waals surface area contributed by atoms with Crippen LogP contribution in [-0.4, -0.2) is 17.3 Å². The van der Waals surface area contributed by atoms with Crippen LogP contribution in [0, 0.1) is 0 Å². The molecule has 0 aliphatic heterocycles. The molecule has 0 saturated heterocycles. The third-order valence-corrected chi connectivity index (χ3v) is 3.12. The second-order valence-electron chi connectivity index (χ2n) is 2.94. The SMILES string of the molecule is COc1cc2c(CO)csc2cc1O. The van der Waals surface area contributed by atoms with Gasteiger partial charge in [-0.1, -0.05) is 0 Å². The van der Waals surface area contributed by atoms with Crippen molar-refractivity contribution < 1.29 is 14.9 Å². The molecule has 1 aromatic carbocycles. The molecule has 0 aliphatic carbocycles. The summed E-state index contributed by atoms with van der Waals surface area (Å²) >= 11 is 1.50. The molecular weight excluding hydrogens is 200 g/mol. The first-order valence-corrected chi connectivity index (χ1v) is 5.02. The van der Waals surface area contributed by atoms with Gasteiger partial charge in [-0.15, -0.1) is 11.3 Å². The van der Waals surface area contributed by atoms with Crippen LogP contribution in [0.25, 0.3) is 10.1 Å². The predicted molar refractivity (Wildman–Crippen MR) is 56.0 cm³/mol. The summed E-state index contributed by atoms with van der Waals surface area (Å²) in [5.41, 5.74) is 0.864. The van der Waals surface area contributed by atoms with Crippen molar-refractivity contribution in [3.05, 3.63) is 23.1 Å². The first-order valence-electron chi connectivity index (χ1n) is 4.14. The number of rotatable bonds is 2. The van der Waals surface area contributed by atoms with Gasteiger partial charge < -0.3 is 14.9 Å². The Kier molecular flexibility index (Phi) is 2.31. The van der Waals surface area contributed by atoms with Crippen molar-refractivity contribution in [3.8, 4) is 11.5 Å². The molecule has 0 unspecified atom stereocenters. The van der Waals surface area contributed by atoms with Crippen LogP contribution in [0.1, 0.15) is 5.56 Å². The van der Waals surface area contributed by atoms with Crippen molar-refractivity contribution in [2.24, 2.45) is 0 Å². The van der Waals surface area contributed by atoms with Gasteiger partial charge in [0.1, 0.15) is 0 Å². The maximum Gasteiger partial charge on any atom is 0.161 e. The molecule has 0 radical (unpaired) electrons. The summed E-state index contributed by atoms with van der Waals surface area (Å²) in [6.07, 6.45) is 0. The molecule has 0 atom stereocenters. The number of thiophene rings is 1. The number of aliphatic hydroxyl groups excluding tert-OH is 1. The lowest BCUT2D eigenvalue weighted by molar-refractivity contribution is 0.283. The van der Waals surface area contributed by atoms with Crippen LogP contribution in [0.5, 0.6) is 11.5 Å². The molecule has 0 saturated carbocycles. The molecule has 3 nitrogen and oxygen atoms in total. The van der Waals surface area contributed by atoms with Crippen molar-refractivity contribution >= 4 is 21.4 Å². The maximum absolute atomic E-state index is 9.51. The highest BCUT2D eigenvalue weighted by molar-refractivity contribution is 7.17. The largest absolute Gasteiger partial charge is 0.504 e. The number of hydrogen-bond donors (Lipinski definition) is 2. The van der Waals surface area contributed by atoms with E-state index in [4.69, 9.17) is 9.84 Å². The minimum Gasteiger partial charge on any atom is -0.504 e. The summed E-state index contributed by atoms with van der Waals surface area (Å²) in [5.74, 6) is 0.567. The van der Waals surface area contributed by atoms with Gasteiger partial charge in [0.15, 0.2) is 11.5 Å². The lowest BCUT2D eigenvalue weighted by Crippen LogP contribution is -1.84. The van der Waals surface area contributed by atoms with Crippen LogP contribution in [0.15, 0.2) is 17.5 Å². The van der Waals surface area contributed by atoms with Gasteiger partial charge in [-0.25, -0.2) is 0 Å². The number of ether oxygens (including phenoxy) is 1. The number of phenols is 1. The van der Waals surface area contributed by atoms with E-state index in [-0.39, 0.29) is 12.4 Å². The zero-order chi connectivity index (χ0) is 10.1. The highest BCUT2D eigenvalue weighted by Gasteiger charge is 2.08. The molecule has 0 bridgehead atoms. The first-order chi connectivity index (χ1) is 6.76. The number of fused-ring (bicyclic) bond motifs is 1. The number of benzene rings is 1. The molecule has 0 spiro atoms.